The van der Waals surface area contributed by atoms with Crippen LogP contribution in [-0.4, -0.2) is 12.6 Å². The van der Waals surface area contributed by atoms with Gasteiger partial charge in [0.2, 0.25) is 0 Å². The molecule has 118 valence electrons. The van der Waals surface area contributed by atoms with E-state index in [-0.39, 0.29) is 5.82 Å². The predicted molar refractivity (Wildman–Crippen MR) is 88.3 cm³/mol. The molecule has 1 aliphatic carbocycles. The second-order valence-corrected chi connectivity index (χ2v) is 7.39. The third-order valence-electron chi connectivity index (χ3n) is 4.93. The Labute approximate surface area is 133 Å². The fraction of sp³-hybridized carbons (Fsp3) is 0.667. The first-order chi connectivity index (χ1) is 9.94. The maximum absolute atomic E-state index is 13.5. The van der Waals surface area contributed by atoms with Crippen molar-refractivity contribution in [2.45, 2.75) is 58.9 Å². The summed E-state index contributed by atoms with van der Waals surface area (Å²) in [5.74, 6) is 0.428. The van der Waals surface area contributed by atoms with E-state index < -0.39 is 0 Å². The van der Waals surface area contributed by atoms with E-state index in [2.05, 4.69) is 26.1 Å². The van der Waals surface area contributed by atoms with Crippen LogP contribution in [0.3, 0.4) is 0 Å². The third kappa shape index (κ3) is 4.20. The van der Waals surface area contributed by atoms with Crippen molar-refractivity contribution in [1.29, 1.82) is 0 Å². The molecule has 1 N–H and O–H groups in total. The number of hydrogen-bond donors (Lipinski definition) is 1. The zero-order valence-corrected chi connectivity index (χ0v) is 14.1. The van der Waals surface area contributed by atoms with Crippen molar-refractivity contribution >= 4 is 11.6 Å². The third-order valence-corrected chi connectivity index (χ3v) is 5.30. The van der Waals surface area contributed by atoms with Crippen molar-refractivity contribution in [3.05, 3.63) is 34.6 Å². The van der Waals surface area contributed by atoms with Crippen LogP contribution < -0.4 is 5.32 Å². The molecule has 2 unspecified atom stereocenters. The van der Waals surface area contributed by atoms with E-state index in [9.17, 15) is 4.39 Å². The van der Waals surface area contributed by atoms with Gasteiger partial charge in [-0.15, -0.1) is 0 Å². The first kappa shape index (κ1) is 16.8. The summed E-state index contributed by atoms with van der Waals surface area (Å²) in [6.07, 6.45) is 5.74. The lowest BCUT2D eigenvalue weighted by molar-refractivity contribution is 0.195. The zero-order chi connectivity index (χ0) is 15.5. The SMILES string of the molecule is CCCNC(Cc1cc(F)ccc1Cl)C1CCCC1(C)C. The Morgan fingerprint density at radius 1 is 1.43 bits per heavy atom. The summed E-state index contributed by atoms with van der Waals surface area (Å²) < 4.78 is 13.5. The average molecular weight is 312 g/mol. The highest BCUT2D eigenvalue weighted by Gasteiger charge is 2.39. The molecule has 3 heteroatoms. The number of rotatable bonds is 6. The van der Waals surface area contributed by atoms with Gasteiger partial charge in [0.25, 0.3) is 0 Å². The molecule has 0 radical (unpaired) electrons. The molecule has 0 aliphatic heterocycles. The van der Waals surface area contributed by atoms with Gasteiger partial charge < -0.3 is 5.32 Å². The van der Waals surface area contributed by atoms with E-state index in [1.165, 1.54) is 25.3 Å². The van der Waals surface area contributed by atoms with Crippen LogP contribution in [0.1, 0.15) is 52.0 Å². The first-order valence-corrected chi connectivity index (χ1v) is 8.49. The minimum Gasteiger partial charge on any atom is -0.313 e. The molecular formula is C18H27ClFN. The molecule has 21 heavy (non-hydrogen) atoms. The van der Waals surface area contributed by atoms with Gasteiger partial charge in [-0.3, -0.25) is 0 Å². The van der Waals surface area contributed by atoms with Gasteiger partial charge in [0.1, 0.15) is 5.82 Å². The molecule has 2 atom stereocenters. The topological polar surface area (TPSA) is 12.0 Å². The second kappa shape index (κ2) is 7.11. The Morgan fingerprint density at radius 3 is 2.81 bits per heavy atom. The molecule has 1 saturated carbocycles. The highest BCUT2D eigenvalue weighted by atomic mass is 35.5. The van der Waals surface area contributed by atoms with Gasteiger partial charge in [0.15, 0.2) is 0 Å². The summed E-state index contributed by atoms with van der Waals surface area (Å²) >= 11 is 6.26. The lowest BCUT2D eigenvalue weighted by Gasteiger charge is -2.35. The zero-order valence-electron chi connectivity index (χ0n) is 13.4. The quantitative estimate of drug-likeness (QED) is 0.760. The van der Waals surface area contributed by atoms with Crippen LogP contribution in [0.4, 0.5) is 4.39 Å². The molecule has 0 saturated heterocycles. The molecule has 0 amide bonds. The Bertz CT molecular complexity index is 472. The van der Waals surface area contributed by atoms with Crippen molar-refractivity contribution in [2.75, 3.05) is 6.54 Å². The molecule has 1 aromatic carbocycles. The van der Waals surface area contributed by atoms with Gasteiger partial charge in [-0.2, -0.15) is 0 Å². The number of benzene rings is 1. The number of nitrogens with one attached hydrogen (secondary N) is 1. The van der Waals surface area contributed by atoms with Crippen molar-refractivity contribution in [3.8, 4) is 0 Å². The van der Waals surface area contributed by atoms with Crippen LogP contribution in [0.25, 0.3) is 0 Å². The summed E-state index contributed by atoms with van der Waals surface area (Å²) in [6.45, 7) is 7.90. The molecule has 0 heterocycles. The maximum atomic E-state index is 13.5. The number of halogens is 2. The van der Waals surface area contributed by atoms with Gasteiger partial charge in [-0.25, -0.2) is 4.39 Å². The van der Waals surface area contributed by atoms with Gasteiger partial charge in [-0.1, -0.05) is 38.8 Å². The summed E-state index contributed by atoms with van der Waals surface area (Å²) in [5, 5.41) is 4.36. The molecule has 0 bridgehead atoms. The summed E-state index contributed by atoms with van der Waals surface area (Å²) in [7, 11) is 0. The van der Waals surface area contributed by atoms with Crippen LogP contribution in [0.2, 0.25) is 5.02 Å². The van der Waals surface area contributed by atoms with Crippen LogP contribution >= 0.6 is 11.6 Å². The Balaban J connectivity index is 2.18. The van der Waals surface area contributed by atoms with Gasteiger partial charge in [0.05, 0.1) is 0 Å². The van der Waals surface area contributed by atoms with E-state index in [4.69, 9.17) is 11.6 Å². The molecule has 0 aromatic heterocycles. The standard InChI is InChI=1S/C18H27ClFN/c1-4-10-21-17(15-6-5-9-18(15,2)3)12-13-11-14(20)7-8-16(13)19/h7-8,11,15,17,21H,4-6,9-10,12H2,1-3H3. The highest BCUT2D eigenvalue weighted by Crippen LogP contribution is 2.45. The normalized spacial score (nSPS) is 22.4. The van der Waals surface area contributed by atoms with Crippen LogP contribution in [-0.2, 0) is 6.42 Å². The minimum absolute atomic E-state index is 0.200. The van der Waals surface area contributed by atoms with E-state index in [1.54, 1.807) is 12.1 Å². The van der Waals surface area contributed by atoms with Crippen LogP contribution in [0.15, 0.2) is 18.2 Å². The van der Waals surface area contributed by atoms with E-state index in [0.717, 1.165) is 24.9 Å². The Morgan fingerprint density at radius 2 is 2.19 bits per heavy atom. The van der Waals surface area contributed by atoms with Crippen molar-refractivity contribution in [3.63, 3.8) is 0 Å². The second-order valence-electron chi connectivity index (χ2n) is 6.99. The van der Waals surface area contributed by atoms with E-state index >= 15 is 0 Å². The van der Waals surface area contributed by atoms with Crippen LogP contribution in [0, 0.1) is 17.2 Å². The summed E-state index contributed by atoms with van der Waals surface area (Å²) in [4.78, 5) is 0. The molecule has 1 aliphatic rings. The Hall–Kier alpha value is -0.600. The van der Waals surface area contributed by atoms with Crippen molar-refractivity contribution in [2.24, 2.45) is 11.3 Å². The smallest absolute Gasteiger partial charge is 0.123 e. The maximum Gasteiger partial charge on any atom is 0.123 e. The van der Waals surface area contributed by atoms with Crippen LogP contribution in [0.5, 0.6) is 0 Å². The molecule has 1 fully saturated rings. The molecule has 1 nitrogen and oxygen atoms in total. The fourth-order valence-electron chi connectivity index (χ4n) is 3.72. The lowest BCUT2D eigenvalue weighted by Crippen LogP contribution is -2.42. The Kier molecular flexibility index (Phi) is 5.67. The van der Waals surface area contributed by atoms with E-state index in [0.29, 0.717) is 22.4 Å². The molecular weight excluding hydrogens is 285 g/mol. The van der Waals surface area contributed by atoms with Crippen molar-refractivity contribution in [1.82, 2.24) is 5.32 Å². The van der Waals surface area contributed by atoms with Crippen molar-refractivity contribution < 1.29 is 4.39 Å². The first-order valence-electron chi connectivity index (χ1n) is 8.11. The number of hydrogen-bond acceptors (Lipinski definition) is 1. The molecule has 1 aromatic rings. The van der Waals surface area contributed by atoms with Gasteiger partial charge >= 0.3 is 0 Å². The average Bonchev–Trinajstić information content (AvgIpc) is 2.78. The molecule has 0 spiro atoms. The molecule has 2 rings (SSSR count). The van der Waals surface area contributed by atoms with Gasteiger partial charge in [-0.05, 0) is 67.3 Å². The minimum atomic E-state index is -0.200. The summed E-state index contributed by atoms with van der Waals surface area (Å²) in [5.41, 5.74) is 1.28. The summed E-state index contributed by atoms with van der Waals surface area (Å²) in [6, 6.07) is 5.06. The van der Waals surface area contributed by atoms with E-state index in [1.807, 2.05) is 0 Å². The van der Waals surface area contributed by atoms with Gasteiger partial charge in [0, 0.05) is 11.1 Å². The largest absolute Gasteiger partial charge is 0.313 e. The highest BCUT2D eigenvalue weighted by molar-refractivity contribution is 6.31. The predicted octanol–water partition coefficient (Wildman–Crippen LogP) is 5.22. The lowest BCUT2D eigenvalue weighted by atomic mass is 9.76. The monoisotopic (exact) mass is 311 g/mol. The fourth-order valence-corrected chi connectivity index (χ4v) is 3.92.